The largest absolute Gasteiger partial charge is 0.352 e. The average molecular weight is 343 g/mol. The highest BCUT2D eigenvalue weighted by molar-refractivity contribution is 14.1. The lowest BCUT2D eigenvalue weighted by atomic mass is 10.2. The van der Waals surface area contributed by atoms with Crippen molar-refractivity contribution in [2.75, 3.05) is 0 Å². The monoisotopic (exact) mass is 342 g/mol. The highest BCUT2D eigenvalue weighted by Crippen LogP contribution is 2.31. The number of aromatic nitrogens is 2. The fourth-order valence-corrected chi connectivity index (χ4v) is 3.15. The first kappa shape index (κ1) is 10.4. The van der Waals surface area contributed by atoms with Crippen LogP contribution in [0.15, 0.2) is 24.4 Å². The van der Waals surface area contributed by atoms with Crippen molar-refractivity contribution in [2.45, 2.75) is 6.92 Å². The molecule has 0 amide bonds. The van der Waals surface area contributed by atoms with E-state index in [1.807, 2.05) is 31.3 Å². The molecule has 80 valence electrons. The molecule has 1 N–H and O–H groups in total. The molecule has 0 spiro atoms. The fourth-order valence-electron chi connectivity index (χ4n) is 1.99. The lowest BCUT2D eigenvalue weighted by Crippen LogP contribution is -1.80. The molecule has 0 bridgehead atoms. The molecule has 0 saturated heterocycles. The van der Waals surface area contributed by atoms with Gasteiger partial charge in [0.15, 0.2) is 0 Å². The van der Waals surface area contributed by atoms with Gasteiger partial charge in [0.2, 0.25) is 0 Å². The molecule has 16 heavy (non-hydrogen) atoms. The molecule has 4 heteroatoms. The van der Waals surface area contributed by atoms with E-state index in [1.54, 1.807) is 0 Å². The smallest absolute Gasteiger partial charge is 0.0681 e. The SMILES string of the molecule is Cc1nccc2c1[nH]c1c(I)cc(Cl)cc12. The van der Waals surface area contributed by atoms with Crippen LogP contribution < -0.4 is 0 Å². The van der Waals surface area contributed by atoms with Gasteiger partial charge >= 0.3 is 0 Å². The van der Waals surface area contributed by atoms with E-state index in [9.17, 15) is 0 Å². The molecule has 0 fully saturated rings. The molecule has 1 aromatic carbocycles. The first-order valence-corrected chi connectivity index (χ1v) is 6.34. The van der Waals surface area contributed by atoms with Crippen LogP contribution in [0.4, 0.5) is 0 Å². The highest BCUT2D eigenvalue weighted by atomic mass is 127. The molecule has 2 nitrogen and oxygen atoms in total. The van der Waals surface area contributed by atoms with Gasteiger partial charge in [-0.05, 0) is 47.7 Å². The molecule has 2 aromatic heterocycles. The fraction of sp³-hybridized carbons (Fsp3) is 0.0833. The van der Waals surface area contributed by atoms with Crippen LogP contribution in [0.5, 0.6) is 0 Å². The third-order valence-electron chi connectivity index (χ3n) is 2.74. The lowest BCUT2D eigenvalue weighted by molar-refractivity contribution is 1.22. The van der Waals surface area contributed by atoms with Crippen LogP contribution in [-0.2, 0) is 0 Å². The summed E-state index contributed by atoms with van der Waals surface area (Å²) in [6.07, 6.45) is 1.83. The summed E-state index contributed by atoms with van der Waals surface area (Å²) in [5, 5.41) is 3.12. The second kappa shape index (κ2) is 3.60. The van der Waals surface area contributed by atoms with Crippen molar-refractivity contribution in [1.82, 2.24) is 9.97 Å². The van der Waals surface area contributed by atoms with Crippen molar-refractivity contribution in [3.05, 3.63) is 38.7 Å². The molecule has 0 radical (unpaired) electrons. The first-order valence-electron chi connectivity index (χ1n) is 4.89. The molecular weight excluding hydrogens is 335 g/mol. The van der Waals surface area contributed by atoms with Crippen molar-refractivity contribution in [3.63, 3.8) is 0 Å². The van der Waals surface area contributed by atoms with Gasteiger partial charge in [0.05, 0.1) is 16.7 Å². The lowest BCUT2D eigenvalue weighted by Gasteiger charge is -1.95. The van der Waals surface area contributed by atoms with Crippen LogP contribution in [-0.4, -0.2) is 9.97 Å². The third-order valence-corrected chi connectivity index (χ3v) is 3.80. The van der Waals surface area contributed by atoms with E-state index < -0.39 is 0 Å². The van der Waals surface area contributed by atoms with E-state index >= 15 is 0 Å². The zero-order chi connectivity index (χ0) is 11.3. The Morgan fingerprint density at radius 3 is 2.88 bits per heavy atom. The maximum atomic E-state index is 6.09. The number of hydrogen-bond acceptors (Lipinski definition) is 1. The van der Waals surface area contributed by atoms with Gasteiger partial charge in [-0.25, -0.2) is 0 Å². The predicted molar refractivity (Wildman–Crippen MR) is 76.1 cm³/mol. The van der Waals surface area contributed by atoms with E-state index in [4.69, 9.17) is 11.6 Å². The van der Waals surface area contributed by atoms with Crippen molar-refractivity contribution in [3.8, 4) is 0 Å². The van der Waals surface area contributed by atoms with Crippen molar-refractivity contribution in [1.29, 1.82) is 0 Å². The van der Waals surface area contributed by atoms with Gasteiger partial charge in [0, 0.05) is 25.6 Å². The van der Waals surface area contributed by atoms with Crippen LogP contribution in [0.1, 0.15) is 5.69 Å². The Kier molecular flexibility index (Phi) is 2.33. The van der Waals surface area contributed by atoms with Gasteiger partial charge in [-0.15, -0.1) is 0 Å². The van der Waals surface area contributed by atoms with Crippen molar-refractivity contribution >= 4 is 56.0 Å². The van der Waals surface area contributed by atoms with E-state index in [0.29, 0.717) is 0 Å². The van der Waals surface area contributed by atoms with E-state index in [2.05, 4.69) is 32.6 Å². The molecule has 2 heterocycles. The number of H-pyrrole nitrogens is 1. The maximum absolute atomic E-state index is 6.09. The van der Waals surface area contributed by atoms with E-state index in [-0.39, 0.29) is 0 Å². The number of pyridine rings is 1. The normalized spacial score (nSPS) is 11.4. The summed E-state index contributed by atoms with van der Waals surface area (Å²) in [4.78, 5) is 7.70. The minimum absolute atomic E-state index is 0.771. The highest BCUT2D eigenvalue weighted by Gasteiger charge is 2.09. The molecule has 0 aliphatic carbocycles. The van der Waals surface area contributed by atoms with Crippen molar-refractivity contribution < 1.29 is 0 Å². The van der Waals surface area contributed by atoms with Crippen LogP contribution in [0, 0.1) is 10.5 Å². The molecule has 0 unspecified atom stereocenters. The van der Waals surface area contributed by atoms with Crippen LogP contribution in [0.3, 0.4) is 0 Å². The number of halogens is 2. The molecule has 0 aliphatic rings. The number of hydrogen-bond donors (Lipinski definition) is 1. The zero-order valence-electron chi connectivity index (χ0n) is 8.51. The second-order valence-corrected chi connectivity index (χ2v) is 5.35. The third kappa shape index (κ3) is 1.42. The van der Waals surface area contributed by atoms with Gasteiger partial charge in [0.1, 0.15) is 0 Å². The summed E-state index contributed by atoms with van der Waals surface area (Å²) >= 11 is 8.38. The molecule has 3 rings (SSSR count). The van der Waals surface area contributed by atoms with Gasteiger partial charge in [0.25, 0.3) is 0 Å². The standard InChI is InChI=1S/C12H8ClIN2/c1-6-11-8(2-3-15-6)9-4-7(13)5-10(14)12(9)16-11/h2-5,16H,1H3. The minimum Gasteiger partial charge on any atom is -0.352 e. The summed E-state index contributed by atoms with van der Waals surface area (Å²) in [7, 11) is 0. The number of nitrogens with zero attached hydrogens (tertiary/aromatic N) is 1. The number of aryl methyl sites for hydroxylation is 1. The number of nitrogens with one attached hydrogen (secondary N) is 1. The Morgan fingerprint density at radius 2 is 2.06 bits per heavy atom. The number of fused-ring (bicyclic) bond motifs is 3. The summed E-state index contributed by atoms with van der Waals surface area (Å²) in [6, 6.07) is 5.98. The van der Waals surface area contributed by atoms with Gasteiger partial charge in [-0.2, -0.15) is 0 Å². The predicted octanol–water partition coefficient (Wildman–Crippen LogP) is 4.28. The zero-order valence-corrected chi connectivity index (χ0v) is 11.4. The molecule has 0 atom stereocenters. The summed E-state index contributed by atoms with van der Waals surface area (Å²) in [5.41, 5.74) is 3.24. The minimum atomic E-state index is 0.771. The van der Waals surface area contributed by atoms with Crippen LogP contribution >= 0.6 is 34.2 Å². The van der Waals surface area contributed by atoms with Gasteiger partial charge < -0.3 is 4.98 Å². The Bertz CT molecular complexity index is 703. The molecular formula is C12H8ClIN2. The number of rotatable bonds is 0. The molecule has 0 saturated carbocycles. The summed E-state index contributed by atoms with van der Waals surface area (Å²) in [5.74, 6) is 0. The summed E-state index contributed by atoms with van der Waals surface area (Å²) < 4.78 is 1.13. The van der Waals surface area contributed by atoms with Gasteiger partial charge in [-0.1, -0.05) is 11.6 Å². The summed E-state index contributed by atoms with van der Waals surface area (Å²) in [6.45, 7) is 2.01. The van der Waals surface area contributed by atoms with Crippen LogP contribution in [0.25, 0.3) is 21.8 Å². The Labute approximate surface area is 111 Å². The average Bonchev–Trinajstić information content (AvgIpc) is 2.59. The number of aromatic amines is 1. The topological polar surface area (TPSA) is 28.7 Å². The molecule has 3 aromatic rings. The maximum Gasteiger partial charge on any atom is 0.0681 e. The Morgan fingerprint density at radius 1 is 1.25 bits per heavy atom. The number of benzene rings is 1. The van der Waals surface area contributed by atoms with E-state index in [0.717, 1.165) is 30.7 Å². The Balaban J connectivity index is 2.61. The molecule has 0 aliphatic heterocycles. The second-order valence-electron chi connectivity index (χ2n) is 3.75. The van der Waals surface area contributed by atoms with E-state index in [1.165, 1.54) is 5.39 Å². The first-order chi connectivity index (χ1) is 7.66. The van der Waals surface area contributed by atoms with Crippen molar-refractivity contribution in [2.24, 2.45) is 0 Å². The Hall–Kier alpha value is -0.810. The van der Waals surface area contributed by atoms with Gasteiger partial charge in [-0.3, -0.25) is 4.98 Å². The quantitative estimate of drug-likeness (QED) is 0.607. The van der Waals surface area contributed by atoms with Crippen LogP contribution in [0.2, 0.25) is 5.02 Å².